The van der Waals surface area contributed by atoms with Crippen molar-refractivity contribution in [3.63, 3.8) is 0 Å². The summed E-state index contributed by atoms with van der Waals surface area (Å²) in [5.74, 6) is 0.183. The molecule has 0 unspecified atom stereocenters. The number of amides is 1. The number of hydrogen-bond acceptors (Lipinski definition) is 4. The standard InChI is InChI=1S/C16H22N2O3/c1-6-14(11(2)19)12-7-8-17-13(9-12)10-18-15(20)21-16(3,4)5/h6-9,19H,1,10H2,2-5H3,(H,18,20)/b14-11-. The lowest BCUT2D eigenvalue weighted by Crippen LogP contribution is -2.32. The summed E-state index contributed by atoms with van der Waals surface area (Å²) in [7, 11) is 0. The van der Waals surface area contributed by atoms with Crippen LogP contribution in [0.15, 0.2) is 36.7 Å². The van der Waals surface area contributed by atoms with Crippen LogP contribution >= 0.6 is 0 Å². The van der Waals surface area contributed by atoms with Gasteiger partial charge in [0.25, 0.3) is 0 Å². The number of aromatic nitrogens is 1. The summed E-state index contributed by atoms with van der Waals surface area (Å²) in [6.45, 7) is 10.9. The number of aliphatic hydroxyl groups is 1. The van der Waals surface area contributed by atoms with Gasteiger partial charge in [-0.25, -0.2) is 4.79 Å². The van der Waals surface area contributed by atoms with Gasteiger partial charge in [0, 0.05) is 11.8 Å². The molecule has 1 aromatic rings. The van der Waals surface area contributed by atoms with Gasteiger partial charge in [-0.05, 0) is 45.4 Å². The molecule has 0 saturated heterocycles. The minimum absolute atomic E-state index is 0.183. The molecule has 0 aliphatic heterocycles. The molecular weight excluding hydrogens is 268 g/mol. The third-order valence-electron chi connectivity index (χ3n) is 2.53. The van der Waals surface area contributed by atoms with Crippen LogP contribution < -0.4 is 5.32 Å². The fraction of sp³-hybridized carbons (Fsp3) is 0.375. The van der Waals surface area contributed by atoms with E-state index in [1.807, 2.05) is 0 Å². The predicted molar refractivity (Wildman–Crippen MR) is 82.7 cm³/mol. The Balaban J connectivity index is 2.76. The highest BCUT2D eigenvalue weighted by atomic mass is 16.6. The van der Waals surface area contributed by atoms with Gasteiger partial charge in [0.2, 0.25) is 0 Å². The molecule has 1 amide bonds. The van der Waals surface area contributed by atoms with Crippen molar-refractivity contribution in [2.45, 2.75) is 39.8 Å². The third kappa shape index (κ3) is 5.69. The van der Waals surface area contributed by atoms with Crippen molar-refractivity contribution in [2.75, 3.05) is 0 Å². The Morgan fingerprint density at radius 2 is 2.19 bits per heavy atom. The molecule has 2 N–H and O–H groups in total. The molecule has 0 fully saturated rings. The van der Waals surface area contributed by atoms with Crippen molar-refractivity contribution >= 4 is 11.7 Å². The van der Waals surface area contributed by atoms with Gasteiger partial charge in [-0.3, -0.25) is 4.98 Å². The zero-order valence-corrected chi connectivity index (χ0v) is 12.9. The number of rotatable bonds is 4. The van der Waals surface area contributed by atoms with Crippen molar-refractivity contribution in [1.29, 1.82) is 0 Å². The molecule has 5 heteroatoms. The summed E-state index contributed by atoms with van der Waals surface area (Å²) < 4.78 is 5.15. The molecule has 21 heavy (non-hydrogen) atoms. The van der Waals surface area contributed by atoms with Crippen LogP contribution in [0.4, 0.5) is 4.79 Å². The van der Waals surface area contributed by atoms with Crippen molar-refractivity contribution < 1.29 is 14.6 Å². The Labute approximate surface area is 125 Å². The lowest BCUT2D eigenvalue weighted by molar-refractivity contribution is 0.0523. The molecular formula is C16H22N2O3. The minimum atomic E-state index is -0.536. The Kier molecular flexibility index (Phi) is 5.52. The average molecular weight is 290 g/mol. The van der Waals surface area contributed by atoms with Crippen LogP contribution in [0.1, 0.15) is 39.0 Å². The second-order valence-electron chi connectivity index (χ2n) is 5.59. The maximum atomic E-state index is 11.6. The first-order valence-electron chi connectivity index (χ1n) is 6.67. The highest BCUT2D eigenvalue weighted by molar-refractivity contribution is 5.74. The van der Waals surface area contributed by atoms with Gasteiger partial charge in [-0.1, -0.05) is 12.7 Å². The monoisotopic (exact) mass is 290 g/mol. The van der Waals surface area contributed by atoms with Gasteiger partial charge >= 0.3 is 6.09 Å². The number of pyridine rings is 1. The highest BCUT2D eigenvalue weighted by Crippen LogP contribution is 2.18. The number of ether oxygens (including phenoxy) is 1. The minimum Gasteiger partial charge on any atom is -0.512 e. The quantitative estimate of drug-likeness (QED) is 0.656. The number of allylic oxidation sites excluding steroid dienone is 3. The van der Waals surface area contributed by atoms with Gasteiger partial charge in [0.05, 0.1) is 18.0 Å². The summed E-state index contributed by atoms with van der Waals surface area (Å²) in [4.78, 5) is 15.8. The first kappa shape index (κ1) is 16.8. The molecule has 1 rings (SSSR count). The van der Waals surface area contributed by atoms with Crippen LogP contribution in [0, 0.1) is 0 Å². The van der Waals surface area contributed by atoms with E-state index in [-0.39, 0.29) is 12.3 Å². The molecule has 1 heterocycles. The predicted octanol–water partition coefficient (Wildman–Crippen LogP) is 3.58. The molecule has 0 aromatic carbocycles. The van der Waals surface area contributed by atoms with E-state index < -0.39 is 11.7 Å². The van der Waals surface area contributed by atoms with Crippen molar-refractivity contribution in [3.8, 4) is 0 Å². The Hall–Kier alpha value is -2.30. The summed E-state index contributed by atoms with van der Waals surface area (Å²) in [5, 5.41) is 12.2. The summed E-state index contributed by atoms with van der Waals surface area (Å²) in [6, 6.07) is 3.56. The van der Waals surface area contributed by atoms with Crippen molar-refractivity contribution in [1.82, 2.24) is 10.3 Å². The van der Waals surface area contributed by atoms with Crippen molar-refractivity contribution in [3.05, 3.63) is 48.0 Å². The number of nitrogens with one attached hydrogen (secondary N) is 1. The Morgan fingerprint density at radius 1 is 1.52 bits per heavy atom. The number of nitrogens with zero attached hydrogens (tertiary/aromatic N) is 1. The van der Waals surface area contributed by atoms with Crippen LogP contribution in [0.3, 0.4) is 0 Å². The number of alkyl carbamates (subject to hydrolysis) is 1. The second kappa shape index (κ2) is 6.92. The molecule has 0 saturated carbocycles. The normalized spacial score (nSPS) is 12.4. The van der Waals surface area contributed by atoms with E-state index in [1.165, 1.54) is 0 Å². The summed E-state index contributed by atoms with van der Waals surface area (Å²) >= 11 is 0. The van der Waals surface area contributed by atoms with Gasteiger partial charge in [0.15, 0.2) is 0 Å². The van der Waals surface area contributed by atoms with Crippen molar-refractivity contribution in [2.24, 2.45) is 0 Å². The fourth-order valence-corrected chi connectivity index (χ4v) is 1.69. The molecule has 0 aliphatic carbocycles. The lowest BCUT2D eigenvalue weighted by Gasteiger charge is -2.19. The SMILES string of the molecule is C=C/C(=C(\C)O)c1ccnc(CNC(=O)OC(C)(C)C)c1. The molecule has 0 aliphatic rings. The van der Waals surface area contributed by atoms with E-state index in [4.69, 9.17) is 4.74 Å². The van der Waals surface area contributed by atoms with Gasteiger partial charge < -0.3 is 15.2 Å². The van der Waals surface area contributed by atoms with E-state index in [1.54, 1.807) is 52.1 Å². The van der Waals surface area contributed by atoms with Crippen LogP contribution in [-0.2, 0) is 11.3 Å². The van der Waals surface area contributed by atoms with Crippen LogP contribution in [0.5, 0.6) is 0 Å². The zero-order chi connectivity index (χ0) is 16.0. The molecule has 114 valence electrons. The Morgan fingerprint density at radius 3 is 2.71 bits per heavy atom. The number of carbonyl (C=O) groups is 1. The number of hydrogen-bond donors (Lipinski definition) is 2. The second-order valence-corrected chi connectivity index (χ2v) is 5.59. The summed E-state index contributed by atoms with van der Waals surface area (Å²) in [6.07, 6.45) is 2.71. The smallest absolute Gasteiger partial charge is 0.407 e. The van der Waals surface area contributed by atoms with E-state index in [2.05, 4.69) is 16.9 Å². The molecule has 0 atom stereocenters. The average Bonchev–Trinajstić information content (AvgIpc) is 2.35. The highest BCUT2D eigenvalue weighted by Gasteiger charge is 2.15. The molecule has 0 radical (unpaired) electrons. The maximum Gasteiger partial charge on any atom is 0.407 e. The first-order valence-corrected chi connectivity index (χ1v) is 6.67. The molecule has 1 aromatic heterocycles. The fourth-order valence-electron chi connectivity index (χ4n) is 1.69. The van der Waals surface area contributed by atoms with Crippen LogP contribution in [-0.4, -0.2) is 21.8 Å². The van der Waals surface area contributed by atoms with Crippen LogP contribution in [0.25, 0.3) is 5.57 Å². The molecule has 0 spiro atoms. The number of carbonyl (C=O) groups excluding carboxylic acids is 1. The third-order valence-corrected chi connectivity index (χ3v) is 2.53. The van der Waals surface area contributed by atoms with E-state index in [9.17, 15) is 9.90 Å². The van der Waals surface area contributed by atoms with Gasteiger partial charge in [-0.15, -0.1) is 0 Å². The van der Waals surface area contributed by atoms with Gasteiger partial charge in [-0.2, -0.15) is 0 Å². The summed E-state index contributed by atoms with van der Waals surface area (Å²) in [5.41, 5.74) is 1.56. The largest absolute Gasteiger partial charge is 0.512 e. The van der Waals surface area contributed by atoms with E-state index >= 15 is 0 Å². The topological polar surface area (TPSA) is 71.5 Å². The van der Waals surface area contributed by atoms with E-state index in [0.29, 0.717) is 11.3 Å². The maximum absolute atomic E-state index is 11.6. The first-order chi connectivity index (χ1) is 9.73. The van der Waals surface area contributed by atoms with E-state index in [0.717, 1.165) is 5.56 Å². The molecule has 0 bridgehead atoms. The van der Waals surface area contributed by atoms with Crippen LogP contribution in [0.2, 0.25) is 0 Å². The molecule has 5 nitrogen and oxygen atoms in total. The zero-order valence-electron chi connectivity index (χ0n) is 12.9. The lowest BCUT2D eigenvalue weighted by atomic mass is 10.1. The van der Waals surface area contributed by atoms with Gasteiger partial charge in [0.1, 0.15) is 5.60 Å². The number of aliphatic hydroxyl groups excluding tert-OH is 1. The Bertz CT molecular complexity index is 553.